The number of rotatable bonds is 7. The summed E-state index contributed by atoms with van der Waals surface area (Å²) >= 11 is 11.5. The van der Waals surface area contributed by atoms with Crippen LogP contribution in [-0.4, -0.2) is 33.9 Å². The van der Waals surface area contributed by atoms with Gasteiger partial charge in [-0.2, -0.15) is 0 Å². The Morgan fingerprint density at radius 2 is 2.30 bits per heavy atom. The molecule has 0 unspecified atom stereocenters. The van der Waals surface area contributed by atoms with Crippen molar-refractivity contribution in [3.63, 3.8) is 0 Å². The topological polar surface area (TPSA) is 62.2 Å². The van der Waals surface area contributed by atoms with E-state index in [1.165, 1.54) is 12.6 Å². The van der Waals surface area contributed by atoms with Gasteiger partial charge in [-0.1, -0.05) is 11.6 Å². The van der Waals surface area contributed by atoms with Crippen LogP contribution >= 0.6 is 23.2 Å². The monoisotopic (exact) mass is 316 g/mol. The van der Waals surface area contributed by atoms with Crippen LogP contribution in [0.15, 0.2) is 12.3 Å². The molecule has 0 radical (unpaired) electrons. The Bertz CT molecular complexity index is 478. The van der Waals surface area contributed by atoms with Gasteiger partial charge in [0.05, 0.1) is 11.1 Å². The molecule has 1 aromatic rings. The van der Waals surface area contributed by atoms with Crippen molar-refractivity contribution in [2.75, 3.05) is 11.2 Å². The van der Waals surface area contributed by atoms with Gasteiger partial charge in [0.15, 0.2) is 5.78 Å². The summed E-state index contributed by atoms with van der Waals surface area (Å²) in [6.45, 7) is 0. The number of nitrogens with one attached hydrogen (secondary N) is 1. The van der Waals surface area contributed by atoms with Gasteiger partial charge in [0.1, 0.15) is 5.82 Å². The number of hydrogen-bond acceptors (Lipinski definition) is 4. The molecule has 2 N–H and O–H groups in total. The third-order valence-corrected chi connectivity index (χ3v) is 4.15. The highest BCUT2D eigenvalue weighted by atomic mass is 35.5. The number of carbonyl (C=O) groups is 1. The average molecular weight is 317 g/mol. The zero-order chi connectivity index (χ0) is 14.5. The molecule has 0 aliphatic heterocycles. The van der Waals surface area contributed by atoms with Crippen molar-refractivity contribution in [2.24, 2.45) is 0 Å². The number of halogens is 2. The number of pyridine rings is 1. The van der Waals surface area contributed by atoms with Crippen LogP contribution in [0.4, 0.5) is 5.82 Å². The van der Waals surface area contributed by atoms with Crippen molar-refractivity contribution < 1.29 is 9.90 Å². The van der Waals surface area contributed by atoms with Gasteiger partial charge >= 0.3 is 0 Å². The maximum absolute atomic E-state index is 12.1. The Morgan fingerprint density at radius 3 is 2.90 bits per heavy atom. The minimum Gasteiger partial charge on any atom is -0.392 e. The Labute approximate surface area is 128 Å². The molecule has 20 heavy (non-hydrogen) atoms. The summed E-state index contributed by atoms with van der Waals surface area (Å²) in [5.74, 6) is 0.713. The van der Waals surface area contributed by atoms with Crippen molar-refractivity contribution in [1.29, 1.82) is 0 Å². The van der Waals surface area contributed by atoms with Crippen LogP contribution in [0, 0.1) is 0 Å². The first-order chi connectivity index (χ1) is 9.60. The summed E-state index contributed by atoms with van der Waals surface area (Å²) in [5.41, 5.74) is 0.449. The number of aliphatic hydroxyl groups excluding tert-OH is 1. The van der Waals surface area contributed by atoms with Gasteiger partial charge in [0.25, 0.3) is 0 Å². The lowest BCUT2D eigenvalue weighted by molar-refractivity contribution is 0.0951. The predicted molar refractivity (Wildman–Crippen MR) is 80.8 cm³/mol. The molecule has 0 saturated heterocycles. The number of aromatic nitrogens is 1. The van der Waals surface area contributed by atoms with E-state index in [0.29, 0.717) is 28.9 Å². The molecule has 1 aromatic heterocycles. The van der Waals surface area contributed by atoms with Gasteiger partial charge in [0, 0.05) is 30.1 Å². The van der Waals surface area contributed by atoms with E-state index in [-0.39, 0.29) is 18.1 Å². The summed E-state index contributed by atoms with van der Waals surface area (Å²) in [4.78, 5) is 16.3. The van der Waals surface area contributed by atoms with Crippen LogP contribution in [0.3, 0.4) is 0 Å². The number of aliphatic hydroxyl groups is 1. The number of Topliss-reactive ketones (excluding diaryl/α,β-unsaturated/α-hetero) is 1. The summed E-state index contributed by atoms with van der Waals surface area (Å²) in [6.07, 6.45) is 4.90. The van der Waals surface area contributed by atoms with Crippen LogP contribution < -0.4 is 5.32 Å². The summed E-state index contributed by atoms with van der Waals surface area (Å²) in [6, 6.07) is 2.14. The zero-order valence-electron chi connectivity index (χ0n) is 11.1. The highest BCUT2D eigenvalue weighted by Gasteiger charge is 2.19. The molecule has 1 aliphatic rings. The molecular weight excluding hydrogens is 299 g/mol. The molecule has 2 rings (SSSR count). The number of hydrogen-bond donors (Lipinski definition) is 2. The van der Waals surface area contributed by atoms with E-state index in [1.54, 1.807) is 6.07 Å². The van der Waals surface area contributed by atoms with Crippen molar-refractivity contribution in [1.82, 2.24) is 4.98 Å². The van der Waals surface area contributed by atoms with Gasteiger partial charge in [-0.15, -0.1) is 11.6 Å². The van der Waals surface area contributed by atoms with E-state index in [1.807, 2.05) is 0 Å². The lowest BCUT2D eigenvalue weighted by atomic mass is 9.93. The standard InChI is InChI=1S/C14H18Cl2N2O2/c15-7-10(19)4-5-13(20)11-6-14(17-8-12(11)16)18-9-2-1-3-9/h6,8-10,19H,1-5,7H2,(H,17,18)/t10-/m0/s1. The van der Waals surface area contributed by atoms with Crippen LogP contribution in [0.5, 0.6) is 0 Å². The minimum atomic E-state index is -0.659. The predicted octanol–water partition coefficient (Wildman–Crippen LogP) is 3.26. The number of anilines is 1. The molecule has 1 aliphatic carbocycles. The summed E-state index contributed by atoms with van der Waals surface area (Å²) in [5, 5.41) is 13.0. The van der Waals surface area contributed by atoms with E-state index in [9.17, 15) is 9.90 Å². The van der Waals surface area contributed by atoms with Gasteiger partial charge in [-0.3, -0.25) is 4.79 Å². The maximum Gasteiger partial charge on any atom is 0.164 e. The second-order valence-corrected chi connectivity index (χ2v) is 5.81. The highest BCUT2D eigenvalue weighted by molar-refractivity contribution is 6.33. The third-order valence-electron chi connectivity index (χ3n) is 3.50. The number of ketones is 1. The first kappa shape index (κ1) is 15.5. The molecule has 1 heterocycles. The van der Waals surface area contributed by atoms with Gasteiger partial charge < -0.3 is 10.4 Å². The number of nitrogens with zero attached hydrogens (tertiary/aromatic N) is 1. The molecule has 4 nitrogen and oxygen atoms in total. The van der Waals surface area contributed by atoms with Crippen molar-refractivity contribution in [2.45, 2.75) is 44.2 Å². The lowest BCUT2D eigenvalue weighted by Crippen LogP contribution is -2.27. The van der Waals surface area contributed by atoms with E-state index in [0.717, 1.165) is 12.8 Å². The largest absolute Gasteiger partial charge is 0.392 e. The summed E-state index contributed by atoms with van der Waals surface area (Å²) in [7, 11) is 0. The van der Waals surface area contributed by atoms with Gasteiger partial charge in [-0.05, 0) is 31.7 Å². The number of carbonyl (C=O) groups excluding carboxylic acids is 1. The molecule has 1 saturated carbocycles. The van der Waals surface area contributed by atoms with Crippen LogP contribution in [0.2, 0.25) is 5.02 Å². The third kappa shape index (κ3) is 4.08. The molecule has 1 atom stereocenters. The van der Waals surface area contributed by atoms with E-state index in [4.69, 9.17) is 23.2 Å². The fraction of sp³-hybridized carbons (Fsp3) is 0.571. The Morgan fingerprint density at radius 1 is 1.55 bits per heavy atom. The minimum absolute atomic E-state index is 0.0989. The molecule has 0 spiro atoms. The highest BCUT2D eigenvalue weighted by Crippen LogP contribution is 2.25. The maximum atomic E-state index is 12.1. The Hall–Kier alpha value is -0.840. The van der Waals surface area contributed by atoms with Gasteiger partial charge in [0.2, 0.25) is 0 Å². The first-order valence-corrected chi connectivity index (χ1v) is 7.70. The SMILES string of the molecule is O=C(CC[C@H](O)CCl)c1cc(NC2CCC2)ncc1Cl. The second kappa shape index (κ2) is 7.25. The Kier molecular flexibility index (Phi) is 5.64. The molecule has 0 bridgehead atoms. The zero-order valence-corrected chi connectivity index (χ0v) is 12.6. The molecule has 0 amide bonds. The van der Waals surface area contributed by atoms with Crippen molar-refractivity contribution in [3.05, 3.63) is 22.8 Å². The van der Waals surface area contributed by atoms with Crippen molar-refractivity contribution in [3.8, 4) is 0 Å². The number of alkyl halides is 1. The second-order valence-electron chi connectivity index (χ2n) is 5.09. The van der Waals surface area contributed by atoms with Crippen molar-refractivity contribution >= 4 is 34.8 Å². The van der Waals surface area contributed by atoms with E-state index < -0.39 is 6.10 Å². The molecule has 110 valence electrons. The van der Waals surface area contributed by atoms with Crippen LogP contribution in [-0.2, 0) is 0 Å². The average Bonchev–Trinajstić information content (AvgIpc) is 2.41. The quantitative estimate of drug-likeness (QED) is 0.598. The lowest BCUT2D eigenvalue weighted by Gasteiger charge is -2.27. The molecular formula is C14H18Cl2N2O2. The van der Waals surface area contributed by atoms with E-state index >= 15 is 0 Å². The smallest absolute Gasteiger partial charge is 0.164 e. The van der Waals surface area contributed by atoms with Crippen LogP contribution in [0.1, 0.15) is 42.5 Å². The fourth-order valence-corrected chi connectivity index (χ4v) is 2.37. The fourth-order valence-electron chi connectivity index (χ4n) is 2.00. The summed E-state index contributed by atoms with van der Waals surface area (Å²) < 4.78 is 0. The van der Waals surface area contributed by atoms with E-state index in [2.05, 4.69) is 10.3 Å². The Balaban J connectivity index is 2.01. The molecule has 1 fully saturated rings. The molecule has 0 aromatic carbocycles. The van der Waals surface area contributed by atoms with Crippen LogP contribution in [0.25, 0.3) is 0 Å². The normalized spacial score (nSPS) is 16.6. The van der Waals surface area contributed by atoms with Gasteiger partial charge in [-0.25, -0.2) is 4.98 Å². The molecule has 6 heteroatoms. The first-order valence-electron chi connectivity index (χ1n) is 6.79.